The molecule has 9 heteroatoms. The molecular formula is C10H8F4INO3. The number of nitrogens with zero attached hydrogens (tertiary/aromatic N) is 1. The largest absolute Gasteiger partial charge is 0.573 e. The summed E-state index contributed by atoms with van der Waals surface area (Å²) < 4.78 is 57.9. The van der Waals surface area contributed by atoms with Crippen LogP contribution in [0, 0.1) is 3.70 Å². The topological polar surface area (TPSA) is 48.4 Å². The lowest BCUT2D eigenvalue weighted by molar-refractivity contribution is -0.275. The fourth-order valence-electron chi connectivity index (χ4n) is 1.27. The molecule has 0 spiro atoms. The Bertz CT molecular complexity index is 479. The van der Waals surface area contributed by atoms with Crippen molar-refractivity contribution in [2.45, 2.75) is 19.5 Å². The molecule has 0 aliphatic rings. The summed E-state index contributed by atoms with van der Waals surface area (Å²) in [6, 6.07) is 0. The Morgan fingerprint density at radius 1 is 1.47 bits per heavy atom. The van der Waals surface area contributed by atoms with Crippen molar-refractivity contribution in [2.24, 2.45) is 0 Å². The Kier molecular flexibility index (Phi) is 5.32. The van der Waals surface area contributed by atoms with Gasteiger partial charge in [0.05, 0.1) is 13.5 Å². The quantitative estimate of drug-likeness (QED) is 0.342. The van der Waals surface area contributed by atoms with E-state index >= 15 is 0 Å². The first-order valence-corrected chi connectivity index (χ1v) is 5.91. The summed E-state index contributed by atoms with van der Waals surface area (Å²) in [7, 11) is 1.09. The molecule has 0 unspecified atom stereocenters. The molecule has 0 amide bonds. The van der Waals surface area contributed by atoms with E-state index in [2.05, 4.69) is 14.5 Å². The highest BCUT2D eigenvalue weighted by Crippen LogP contribution is 2.33. The van der Waals surface area contributed by atoms with Crippen LogP contribution in [0.5, 0.6) is 5.75 Å². The van der Waals surface area contributed by atoms with Crippen LogP contribution < -0.4 is 4.74 Å². The third-order valence-electron chi connectivity index (χ3n) is 2.06. The number of pyridine rings is 1. The van der Waals surface area contributed by atoms with Gasteiger partial charge in [0.1, 0.15) is 16.1 Å². The molecule has 0 fully saturated rings. The second kappa shape index (κ2) is 6.35. The first-order chi connectivity index (χ1) is 8.78. The molecule has 0 bridgehead atoms. The van der Waals surface area contributed by atoms with E-state index in [9.17, 15) is 22.4 Å². The number of aromatic nitrogens is 1. The van der Waals surface area contributed by atoms with E-state index < -0.39 is 31.2 Å². The molecule has 1 aromatic rings. The van der Waals surface area contributed by atoms with E-state index in [1.807, 2.05) is 0 Å². The van der Waals surface area contributed by atoms with Crippen molar-refractivity contribution in [3.63, 3.8) is 0 Å². The van der Waals surface area contributed by atoms with Crippen LogP contribution in [0.3, 0.4) is 0 Å². The lowest BCUT2D eigenvalue weighted by Gasteiger charge is -2.16. The van der Waals surface area contributed by atoms with E-state index in [4.69, 9.17) is 0 Å². The van der Waals surface area contributed by atoms with Gasteiger partial charge in [-0.25, -0.2) is 9.37 Å². The van der Waals surface area contributed by atoms with Gasteiger partial charge in [0.25, 0.3) is 0 Å². The Labute approximate surface area is 119 Å². The van der Waals surface area contributed by atoms with E-state index in [0.717, 1.165) is 13.3 Å². The van der Waals surface area contributed by atoms with Crippen LogP contribution in [0.15, 0.2) is 6.20 Å². The highest BCUT2D eigenvalue weighted by Gasteiger charge is 2.34. The van der Waals surface area contributed by atoms with Gasteiger partial charge in [0, 0.05) is 17.3 Å². The number of alkyl halides is 4. The zero-order valence-corrected chi connectivity index (χ0v) is 11.7. The summed E-state index contributed by atoms with van der Waals surface area (Å²) in [4.78, 5) is 14.9. The van der Waals surface area contributed by atoms with Crippen molar-refractivity contribution in [2.75, 3.05) is 7.11 Å². The molecule has 106 valence electrons. The van der Waals surface area contributed by atoms with Crippen LogP contribution in [0.25, 0.3) is 0 Å². The first-order valence-electron chi connectivity index (χ1n) is 4.83. The van der Waals surface area contributed by atoms with Gasteiger partial charge in [-0.05, 0) is 22.6 Å². The Balaban J connectivity index is 3.28. The SMILES string of the molecule is COC(=O)Cc1c(I)ncc(CF)c1OC(F)(F)F. The molecule has 4 nitrogen and oxygen atoms in total. The van der Waals surface area contributed by atoms with Crippen molar-refractivity contribution >= 4 is 28.6 Å². The lowest BCUT2D eigenvalue weighted by atomic mass is 10.1. The number of halogens is 5. The van der Waals surface area contributed by atoms with Crippen LogP contribution in [0.1, 0.15) is 11.1 Å². The maximum absolute atomic E-state index is 12.7. The maximum Gasteiger partial charge on any atom is 0.573 e. The number of rotatable bonds is 4. The average molecular weight is 393 g/mol. The molecule has 0 saturated carbocycles. The molecule has 1 rings (SSSR count). The molecule has 0 N–H and O–H groups in total. The summed E-state index contributed by atoms with van der Waals surface area (Å²) in [5.41, 5.74) is -0.531. The first kappa shape index (κ1) is 15.9. The van der Waals surface area contributed by atoms with E-state index in [0.29, 0.717) is 0 Å². The number of hydrogen-bond donors (Lipinski definition) is 0. The molecule has 0 radical (unpaired) electrons. The third kappa shape index (κ3) is 4.48. The minimum atomic E-state index is -4.99. The van der Waals surface area contributed by atoms with Gasteiger partial charge >= 0.3 is 12.3 Å². The predicted octanol–water partition coefficient (Wildman–Crippen LogP) is 2.77. The summed E-state index contributed by atoms with van der Waals surface area (Å²) in [5, 5.41) is 0. The van der Waals surface area contributed by atoms with Crippen LogP contribution in [-0.4, -0.2) is 24.4 Å². The van der Waals surface area contributed by atoms with Crippen molar-refractivity contribution < 1.29 is 31.8 Å². The molecule has 1 heterocycles. The van der Waals surface area contributed by atoms with Gasteiger partial charge in [0.2, 0.25) is 0 Å². The molecule has 1 aromatic heterocycles. The van der Waals surface area contributed by atoms with Gasteiger partial charge in [0.15, 0.2) is 0 Å². The monoisotopic (exact) mass is 393 g/mol. The summed E-state index contributed by atoms with van der Waals surface area (Å²) >= 11 is 1.63. The van der Waals surface area contributed by atoms with Crippen LogP contribution >= 0.6 is 22.6 Å². The summed E-state index contributed by atoms with van der Waals surface area (Å²) in [6.07, 6.45) is -4.54. The second-order valence-corrected chi connectivity index (χ2v) is 4.34. The summed E-state index contributed by atoms with van der Waals surface area (Å²) in [5.74, 6) is -1.51. The number of carbonyl (C=O) groups excluding carboxylic acids is 1. The molecular weight excluding hydrogens is 385 g/mol. The highest BCUT2D eigenvalue weighted by molar-refractivity contribution is 14.1. The minimum Gasteiger partial charge on any atom is -0.469 e. The maximum atomic E-state index is 12.7. The fourth-order valence-corrected chi connectivity index (χ4v) is 1.84. The molecule has 0 saturated heterocycles. The zero-order valence-electron chi connectivity index (χ0n) is 9.55. The number of hydrogen-bond acceptors (Lipinski definition) is 4. The normalized spacial score (nSPS) is 11.3. The molecule has 19 heavy (non-hydrogen) atoms. The average Bonchev–Trinajstić information content (AvgIpc) is 2.32. The Morgan fingerprint density at radius 2 is 2.11 bits per heavy atom. The van der Waals surface area contributed by atoms with Crippen LogP contribution in [0.2, 0.25) is 0 Å². The van der Waals surface area contributed by atoms with Gasteiger partial charge in [-0.3, -0.25) is 4.79 Å². The van der Waals surface area contributed by atoms with E-state index in [-0.39, 0.29) is 14.8 Å². The molecule has 0 atom stereocenters. The van der Waals surface area contributed by atoms with Crippen LogP contribution in [-0.2, 0) is 22.6 Å². The van der Waals surface area contributed by atoms with E-state index in [1.54, 1.807) is 22.6 Å². The molecule has 0 aliphatic carbocycles. The van der Waals surface area contributed by atoms with E-state index in [1.165, 1.54) is 0 Å². The standard InChI is InChI=1S/C10H8F4INO3/c1-18-7(17)2-6-8(19-10(12,13)14)5(3-11)4-16-9(6)15/h4H,2-3H2,1H3. The fraction of sp³-hybridized carbons (Fsp3) is 0.400. The second-order valence-electron chi connectivity index (χ2n) is 3.32. The predicted molar refractivity (Wildman–Crippen MR) is 64.2 cm³/mol. The Morgan fingerprint density at radius 3 is 2.58 bits per heavy atom. The number of esters is 1. The van der Waals surface area contributed by atoms with Gasteiger partial charge < -0.3 is 9.47 Å². The third-order valence-corrected chi connectivity index (χ3v) is 2.99. The lowest BCUT2D eigenvalue weighted by Crippen LogP contribution is -2.21. The van der Waals surface area contributed by atoms with Gasteiger partial charge in [-0.2, -0.15) is 0 Å². The van der Waals surface area contributed by atoms with Gasteiger partial charge in [-0.1, -0.05) is 0 Å². The number of ether oxygens (including phenoxy) is 2. The van der Waals surface area contributed by atoms with Crippen molar-refractivity contribution in [3.8, 4) is 5.75 Å². The minimum absolute atomic E-state index is 0.111. The highest BCUT2D eigenvalue weighted by atomic mass is 127. The molecule has 0 aromatic carbocycles. The Hall–Kier alpha value is -1.13. The molecule has 0 aliphatic heterocycles. The van der Waals surface area contributed by atoms with Gasteiger partial charge in [-0.15, -0.1) is 13.2 Å². The zero-order chi connectivity index (χ0) is 14.6. The van der Waals surface area contributed by atoms with Crippen molar-refractivity contribution in [1.82, 2.24) is 4.98 Å². The smallest absolute Gasteiger partial charge is 0.469 e. The van der Waals surface area contributed by atoms with Crippen molar-refractivity contribution in [3.05, 3.63) is 21.0 Å². The van der Waals surface area contributed by atoms with Crippen molar-refractivity contribution in [1.29, 1.82) is 0 Å². The summed E-state index contributed by atoms with van der Waals surface area (Å²) in [6.45, 7) is -1.19. The van der Waals surface area contributed by atoms with Crippen LogP contribution in [0.4, 0.5) is 17.6 Å². The number of methoxy groups -OCH3 is 1. The number of carbonyl (C=O) groups is 1.